The van der Waals surface area contributed by atoms with Crippen LogP contribution in [-0.4, -0.2) is 48.9 Å². The first-order valence-corrected chi connectivity index (χ1v) is 14.4. The molecule has 1 atom stereocenters. The zero-order valence-corrected chi connectivity index (χ0v) is 22.5. The second kappa shape index (κ2) is 20.2. The number of hydrogen-bond donors (Lipinski definition) is 1. The number of nitrogens with one attached hydrogen (secondary N) is 1. The van der Waals surface area contributed by atoms with Crippen molar-refractivity contribution in [2.75, 3.05) is 32.7 Å². The summed E-state index contributed by atoms with van der Waals surface area (Å²) >= 11 is 0. The Kier molecular flexibility index (Phi) is 18.3. The molecule has 0 saturated heterocycles. The van der Waals surface area contributed by atoms with Crippen LogP contribution in [0.5, 0.6) is 0 Å². The van der Waals surface area contributed by atoms with Crippen molar-refractivity contribution in [3.05, 3.63) is 12.2 Å². The van der Waals surface area contributed by atoms with Crippen molar-refractivity contribution in [1.82, 2.24) is 5.32 Å². The van der Waals surface area contributed by atoms with Gasteiger partial charge in [-0.05, 0) is 39.0 Å². The van der Waals surface area contributed by atoms with Crippen molar-refractivity contribution < 1.29 is 9.28 Å². The third kappa shape index (κ3) is 14.7. The van der Waals surface area contributed by atoms with Gasteiger partial charge >= 0.3 is 0 Å². The second-order valence-electron chi connectivity index (χ2n) is 10.1. The Hall–Kier alpha value is -1.16. The molecule has 1 heterocycles. The van der Waals surface area contributed by atoms with E-state index in [0.717, 1.165) is 43.6 Å². The normalized spacial score (nSPS) is 18.2. The lowest BCUT2D eigenvalue weighted by Crippen LogP contribution is -2.54. The summed E-state index contributed by atoms with van der Waals surface area (Å²) < 4.78 is 0.994. The number of aliphatic imine (C=N–C) groups is 1. The van der Waals surface area contributed by atoms with Gasteiger partial charge in [-0.2, -0.15) is 0 Å². The SMILES string of the molecule is CCCCCCCC/C=C/CCCCCCCCCCC1=NCC[N+]1(CC)CCNC(C)=O. The van der Waals surface area contributed by atoms with E-state index in [4.69, 9.17) is 4.99 Å². The van der Waals surface area contributed by atoms with E-state index in [9.17, 15) is 4.79 Å². The fourth-order valence-electron chi connectivity index (χ4n) is 5.04. The molecule has 4 nitrogen and oxygen atoms in total. The number of likely N-dealkylation sites (N-methyl/N-ethyl adjacent to an activating group) is 1. The van der Waals surface area contributed by atoms with Crippen LogP contribution in [0.3, 0.4) is 0 Å². The van der Waals surface area contributed by atoms with E-state index in [1.807, 2.05) is 0 Å². The summed E-state index contributed by atoms with van der Waals surface area (Å²) in [5, 5.41) is 2.97. The van der Waals surface area contributed by atoms with Crippen LogP contribution < -0.4 is 5.32 Å². The van der Waals surface area contributed by atoms with Crippen LogP contribution in [0.1, 0.15) is 130 Å². The van der Waals surface area contributed by atoms with Gasteiger partial charge in [-0.1, -0.05) is 89.7 Å². The smallest absolute Gasteiger partial charge is 0.217 e. The molecule has 1 N–H and O–H groups in total. The highest BCUT2D eigenvalue weighted by atomic mass is 16.1. The molecular weight excluding hydrogens is 406 g/mol. The number of quaternary nitrogens is 1. The minimum absolute atomic E-state index is 0.0712. The van der Waals surface area contributed by atoms with Crippen LogP contribution >= 0.6 is 0 Å². The number of rotatable bonds is 22. The molecular formula is C29H56N3O+. The van der Waals surface area contributed by atoms with Crippen molar-refractivity contribution in [2.45, 2.75) is 130 Å². The average molecular weight is 463 g/mol. The van der Waals surface area contributed by atoms with Crippen LogP contribution in [0.25, 0.3) is 0 Å². The Morgan fingerprint density at radius 2 is 1.39 bits per heavy atom. The molecule has 1 aliphatic rings. The number of amidine groups is 1. The standard InChI is InChI=1S/C29H55N3O/c1-4-6-7-8-9-10-11-12-13-14-15-16-17-18-19-20-21-22-23-29-31-25-27-32(29,5-2)26-24-30-28(3)33/h12-13H,4-11,14-27H2,1-3H3/p+1/b13-12+. The lowest BCUT2D eigenvalue weighted by Gasteiger charge is -2.33. The predicted octanol–water partition coefficient (Wildman–Crippen LogP) is 7.58. The number of unbranched alkanes of at least 4 members (excludes halogenated alkanes) is 14. The molecule has 0 aliphatic carbocycles. The zero-order valence-electron chi connectivity index (χ0n) is 22.5. The fraction of sp³-hybridized carbons (Fsp3) is 0.862. The van der Waals surface area contributed by atoms with Crippen molar-refractivity contribution in [3.8, 4) is 0 Å². The Balaban J connectivity index is 1.94. The maximum Gasteiger partial charge on any atom is 0.217 e. The Bertz CT molecular complexity index is 543. The van der Waals surface area contributed by atoms with Crippen LogP contribution in [0.4, 0.5) is 0 Å². The largest absolute Gasteiger partial charge is 0.351 e. The molecule has 0 saturated carbocycles. The van der Waals surface area contributed by atoms with Gasteiger partial charge in [-0.25, -0.2) is 4.99 Å². The van der Waals surface area contributed by atoms with E-state index in [-0.39, 0.29) is 5.91 Å². The molecule has 1 aliphatic heterocycles. The van der Waals surface area contributed by atoms with Gasteiger partial charge in [0.05, 0.1) is 19.6 Å². The number of hydrogen-bond acceptors (Lipinski definition) is 2. The van der Waals surface area contributed by atoms with Gasteiger partial charge in [-0.3, -0.25) is 9.28 Å². The van der Waals surface area contributed by atoms with Gasteiger partial charge in [0.1, 0.15) is 13.1 Å². The van der Waals surface area contributed by atoms with Crippen molar-refractivity contribution >= 4 is 11.7 Å². The second-order valence-corrected chi connectivity index (χ2v) is 10.1. The maximum absolute atomic E-state index is 11.2. The number of nitrogens with zero attached hydrogens (tertiary/aromatic N) is 2. The van der Waals surface area contributed by atoms with Gasteiger partial charge < -0.3 is 5.32 Å². The molecule has 0 radical (unpaired) electrons. The molecule has 4 heteroatoms. The molecule has 33 heavy (non-hydrogen) atoms. The molecule has 0 aromatic rings. The molecule has 1 rings (SSSR count). The van der Waals surface area contributed by atoms with Crippen LogP contribution in [0, 0.1) is 0 Å². The van der Waals surface area contributed by atoms with E-state index in [1.165, 1.54) is 109 Å². The maximum atomic E-state index is 11.2. The average Bonchev–Trinajstić information content (AvgIpc) is 3.21. The summed E-state index contributed by atoms with van der Waals surface area (Å²) in [5.41, 5.74) is 0. The van der Waals surface area contributed by atoms with Crippen LogP contribution in [-0.2, 0) is 4.79 Å². The van der Waals surface area contributed by atoms with E-state index in [0.29, 0.717) is 0 Å². The summed E-state index contributed by atoms with van der Waals surface area (Å²) in [6.45, 7) is 11.1. The number of carbonyl (C=O) groups is 1. The monoisotopic (exact) mass is 462 g/mol. The van der Waals surface area contributed by atoms with Gasteiger partial charge in [0.2, 0.25) is 5.91 Å². The lowest BCUT2D eigenvalue weighted by atomic mass is 10.1. The van der Waals surface area contributed by atoms with Crippen molar-refractivity contribution in [2.24, 2.45) is 4.99 Å². The summed E-state index contributed by atoms with van der Waals surface area (Å²) in [4.78, 5) is 16.0. The van der Waals surface area contributed by atoms with E-state index in [1.54, 1.807) is 6.92 Å². The molecule has 192 valence electrons. The molecule has 1 amide bonds. The summed E-state index contributed by atoms with van der Waals surface area (Å²) in [6.07, 6.45) is 27.8. The molecule has 0 bridgehead atoms. The van der Waals surface area contributed by atoms with E-state index in [2.05, 4.69) is 31.3 Å². The first kappa shape index (κ1) is 29.9. The van der Waals surface area contributed by atoms with Crippen LogP contribution in [0.15, 0.2) is 17.1 Å². The predicted molar refractivity (Wildman–Crippen MR) is 145 cm³/mol. The van der Waals surface area contributed by atoms with Gasteiger partial charge in [0.25, 0.3) is 0 Å². The van der Waals surface area contributed by atoms with Crippen LogP contribution in [0.2, 0.25) is 0 Å². The first-order chi connectivity index (χ1) is 16.1. The Morgan fingerprint density at radius 1 is 0.848 bits per heavy atom. The van der Waals surface area contributed by atoms with Gasteiger partial charge in [-0.15, -0.1) is 0 Å². The van der Waals surface area contributed by atoms with E-state index < -0.39 is 0 Å². The fourth-order valence-corrected chi connectivity index (χ4v) is 5.04. The van der Waals surface area contributed by atoms with Gasteiger partial charge in [0, 0.05) is 13.3 Å². The van der Waals surface area contributed by atoms with E-state index >= 15 is 0 Å². The molecule has 0 spiro atoms. The third-order valence-electron chi connectivity index (χ3n) is 7.30. The molecule has 0 aromatic carbocycles. The highest BCUT2D eigenvalue weighted by molar-refractivity contribution is 5.77. The minimum atomic E-state index is 0.0712. The minimum Gasteiger partial charge on any atom is -0.351 e. The molecule has 0 aromatic heterocycles. The third-order valence-corrected chi connectivity index (χ3v) is 7.30. The molecule has 1 unspecified atom stereocenters. The lowest BCUT2D eigenvalue weighted by molar-refractivity contribution is -0.833. The zero-order chi connectivity index (χ0) is 24.0. The highest BCUT2D eigenvalue weighted by Gasteiger charge is 2.35. The van der Waals surface area contributed by atoms with Crippen molar-refractivity contribution in [1.29, 1.82) is 0 Å². The number of amides is 1. The first-order valence-electron chi connectivity index (χ1n) is 14.4. The topological polar surface area (TPSA) is 41.5 Å². The quantitative estimate of drug-likeness (QED) is 0.101. The Labute approximate surface area is 206 Å². The highest BCUT2D eigenvalue weighted by Crippen LogP contribution is 2.20. The number of allylic oxidation sites excluding steroid dienone is 2. The van der Waals surface area contributed by atoms with Gasteiger partial charge in [0.15, 0.2) is 5.84 Å². The number of carbonyl (C=O) groups excluding carboxylic acids is 1. The van der Waals surface area contributed by atoms with Crippen molar-refractivity contribution in [3.63, 3.8) is 0 Å². The Morgan fingerprint density at radius 3 is 1.94 bits per heavy atom. The molecule has 0 fully saturated rings. The summed E-state index contributed by atoms with van der Waals surface area (Å²) in [6, 6.07) is 0. The summed E-state index contributed by atoms with van der Waals surface area (Å²) in [7, 11) is 0. The summed E-state index contributed by atoms with van der Waals surface area (Å²) in [5.74, 6) is 1.45.